The second kappa shape index (κ2) is 6.60. The summed E-state index contributed by atoms with van der Waals surface area (Å²) in [6.07, 6.45) is 0. The topological polar surface area (TPSA) is 76.2 Å². The van der Waals surface area contributed by atoms with Crippen molar-refractivity contribution in [3.05, 3.63) is 57.9 Å². The fourth-order valence-corrected chi connectivity index (χ4v) is 2.62. The van der Waals surface area contributed by atoms with Gasteiger partial charge < -0.3 is 9.72 Å². The summed E-state index contributed by atoms with van der Waals surface area (Å²) >= 11 is 0. The van der Waals surface area contributed by atoms with Gasteiger partial charge >= 0.3 is 5.97 Å². The van der Waals surface area contributed by atoms with Crippen LogP contribution in [0.25, 0.3) is 0 Å². The number of rotatable bonds is 5. The third kappa shape index (κ3) is 3.56. The second-order valence-electron chi connectivity index (χ2n) is 5.55. The standard InChI is InChI=1S/C18H19NO4/c1-10-6-5-7-14(8-10)18(22)23-9-15(21)17-11(2)16(13(4)20)12(3)19-17/h5-8,19H,9H2,1-4H3. The number of esters is 1. The molecular weight excluding hydrogens is 294 g/mol. The summed E-state index contributed by atoms with van der Waals surface area (Å²) in [5.74, 6) is -1.01. The Balaban J connectivity index is 2.10. The average Bonchev–Trinajstić information content (AvgIpc) is 2.79. The van der Waals surface area contributed by atoms with Gasteiger partial charge in [-0.25, -0.2) is 4.79 Å². The van der Waals surface area contributed by atoms with Gasteiger partial charge in [-0.05, 0) is 45.4 Å². The molecule has 0 atom stereocenters. The summed E-state index contributed by atoms with van der Waals surface area (Å²) in [6, 6.07) is 6.96. The SMILES string of the molecule is CC(=O)c1c(C)[nH]c(C(=O)COC(=O)c2cccc(C)c2)c1C. The van der Waals surface area contributed by atoms with Crippen LogP contribution in [-0.4, -0.2) is 29.1 Å². The fraction of sp³-hybridized carbons (Fsp3) is 0.278. The predicted octanol–water partition coefficient (Wildman–Crippen LogP) is 3.18. The first kappa shape index (κ1) is 16.7. The average molecular weight is 313 g/mol. The van der Waals surface area contributed by atoms with Gasteiger partial charge in [0.1, 0.15) is 0 Å². The molecule has 5 heteroatoms. The summed E-state index contributed by atoms with van der Waals surface area (Å²) in [7, 11) is 0. The third-order valence-electron chi connectivity index (χ3n) is 3.66. The number of aromatic nitrogens is 1. The number of carbonyl (C=O) groups is 3. The van der Waals surface area contributed by atoms with Gasteiger partial charge in [-0.1, -0.05) is 17.7 Å². The minimum absolute atomic E-state index is 0.105. The Bertz CT molecular complexity index is 786. The molecule has 0 aliphatic heterocycles. The highest BCUT2D eigenvalue weighted by atomic mass is 16.5. The Hall–Kier alpha value is -2.69. The molecule has 120 valence electrons. The van der Waals surface area contributed by atoms with Crippen LogP contribution in [-0.2, 0) is 4.74 Å². The van der Waals surface area contributed by atoms with E-state index >= 15 is 0 Å². The third-order valence-corrected chi connectivity index (χ3v) is 3.66. The van der Waals surface area contributed by atoms with Crippen molar-refractivity contribution in [3.63, 3.8) is 0 Å². The molecule has 0 spiro atoms. The molecule has 2 aromatic rings. The summed E-state index contributed by atoms with van der Waals surface area (Å²) in [5, 5.41) is 0. The summed E-state index contributed by atoms with van der Waals surface area (Å²) in [6.45, 7) is 6.39. The molecule has 1 N–H and O–H groups in total. The molecule has 1 aromatic heterocycles. The second-order valence-corrected chi connectivity index (χ2v) is 5.55. The molecule has 5 nitrogen and oxygen atoms in total. The first-order valence-electron chi connectivity index (χ1n) is 7.28. The first-order valence-corrected chi connectivity index (χ1v) is 7.28. The van der Waals surface area contributed by atoms with E-state index in [4.69, 9.17) is 4.74 Å². The van der Waals surface area contributed by atoms with Crippen LogP contribution < -0.4 is 0 Å². The zero-order valence-electron chi connectivity index (χ0n) is 13.6. The van der Waals surface area contributed by atoms with E-state index in [0.717, 1.165) is 5.56 Å². The number of H-pyrrole nitrogens is 1. The van der Waals surface area contributed by atoms with Gasteiger partial charge in [0.25, 0.3) is 0 Å². The molecule has 2 rings (SSSR count). The zero-order chi connectivity index (χ0) is 17.1. The highest BCUT2D eigenvalue weighted by molar-refractivity contribution is 6.04. The van der Waals surface area contributed by atoms with Crippen LogP contribution in [0.5, 0.6) is 0 Å². The summed E-state index contributed by atoms with van der Waals surface area (Å²) < 4.78 is 5.07. The highest BCUT2D eigenvalue weighted by Gasteiger charge is 2.21. The van der Waals surface area contributed by atoms with Gasteiger partial charge in [0.05, 0.1) is 11.3 Å². The van der Waals surface area contributed by atoms with Gasteiger partial charge in [0.2, 0.25) is 5.78 Å². The molecule has 0 amide bonds. The molecule has 0 aliphatic rings. The van der Waals surface area contributed by atoms with Crippen molar-refractivity contribution in [3.8, 4) is 0 Å². The number of hydrogen-bond acceptors (Lipinski definition) is 4. The van der Waals surface area contributed by atoms with Crippen LogP contribution in [0.4, 0.5) is 0 Å². The molecule has 0 unspecified atom stereocenters. The molecule has 0 bridgehead atoms. The van der Waals surface area contributed by atoms with Crippen LogP contribution >= 0.6 is 0 Å². The van der Waals surface area contributed by atoms with E-state index in [1.165, 1.54) is 6.92 Å². The summed E-state index contributed by atoms with van der Waals surface area (Å²) in [4.78, 5) is 38.7. The van der Waals surface area contributed by atoms with Crippen molar-refractivity contribution < 1.29 is 19.1 Å². The molecular formula is C18H19NO4. The monoisotopic (exact) mass is 313 g/mol. The smallest absolute Gasteiger partial charge is 0.338 e. The maximum atomic E-state index is 12.2. The Morgan fingerprint density at radius 2 is 1.83 bits per heavy atom. The van der Waals surface area contributed by atoms with Gasteiger partial charge in [0.15, 0.2) is 12.4 Å². The van der Waals surface area contributed by atoms with E-state index in [1.807, 2.05) is 13.0 Å². The number of benzene rings is 1. The number of nitrogens with one attached hydrogen (secondary N) is 1. The summed E-state index contributed by atoms with van der Waals surface area (Å²) in [5.41, 5.74) is 3.40. The van der Waals surface area contributed by atoms with Crippen molar-refractivity contribution >= 4 is 17.5 Å². The number of Topliss-reactive ketones (excluding diaryl/α,β-unsaturated/α-hetero) is 2. The number of carbonyl (C=O) groups excluding carboxylic acids is 3. The molecule has 0 saturated heterocycles. The minimum atomic E-state index is -0.547. The lowest BCUT2D eigenvalue weighted by Gasteiger charge is -2.05. The first-order chi connectivity index (χ1) is 10.8. The van der Waals surface area contributed by atoms with Crippen LogP contribution in [0, 0.1) is 20.8 Å². The van der Waals surface area contributed by atoms with E-state index < -0.39 is 5.97 Å². The Morgan fingerprint density at radius 3 is 2.39 bits per heavy atom. The number of aromatic amines is 1. The van der Waals surface area contributed by atoms with E-state index in [-0.39, 0.29) is 18.2 Å². The van der Waals surface area contributed by atoms with E-state index in [1.54, 1.807) is 32.0 Å². The van der Waals surface area contributed by atoms with E-state index in [2.05, 4.69) is 4.98 Å². The molecule has 23 heavy (non-hydrogen) atoms. The molecule has 0 aliphatic carbocycles. The molecule has 0 saturated carbocycles. The minimum Gasteiger partial charge on any atom is -0.454 e. The lowest BCUT2D eigenvalue weighted by Crippen LogP contribution is -2.15. The quantitative estimate of drug-likeness (QED) is 0.679. The maximum absolute atomic E-state index is 12.2. The largest absolute Gasteiger partial charge is 0.454 e. The number of hydrogen-bond donors (Lipinski definition) is 1. The van der Waals surface area contributed by atoms with Crippen LogP contribution in [0.3, 0.4) is 0 Å². The molecule has 0 fully saturated rings. The van der Waals surface area contributed by atoms with Crippen LogP contribution in [0.1, 0.15) is 54.9 Å². The van der Waals surface area contributed by atoms with Crippen LogP contribution in [0.15, 0.2) is 24.3 Å². The van der Waals surface area contributed by atoms with Crippen molar-refractivity contribution in [1.29, 1.82) is 0 Å². The Morgan fingerprint density at radius 1 is 1.13 bits per heavy atom. The van der Waals surface area contributed by atoms with Gasteiger partial charge in [0, 0.05) is 11.3 Å². The lowest BCUT2D eigenvalue weighted by molar-refractivity contribution is 0.0473. The molecule has 1 aromatic carbocycles. The number of aryl methyl sites for hydroxylation is 2. The Labute approximate surface area is 134 Å². The van der Waals surface area contributed by atoms with Gasteiger partial charge in [-0.2, -0.15) is 0 Å². The van der Waals surface area contributed by atoms with Crippen molar-refractivity contribution in [2.45, 2.75) is 27.7 Å². The van der Waals surface area contributed by atoms with E-state index in [0.29, 0.717) is 28.1 Å². The zero-order valence-corrected chi connectivity index (χ0v) is 13.6. The molecule has 0 radical (unpaired) electrons. The highest BCUT2D eigenvalue weighted by Crippen LogP contribution is 2.19. The Kier molecular flexibility index (Phi) is 4.79. The van der Waals surface area contributed by atoms with E-state index in [9.17, 15) is 14.4 Å². The van der Waals surface area contributed by atoms with Crippen molar-refractivity contribution in [1.82, 2.24) is 4.98 Å². The number of ether oxygens (including phenoxy) is 1. The van der Waals surface area contributed by atoms with Crippen molar-refractivity contribution in [2.24, 2.45) is 0 Å². The maximum Gasteiger partial charge on any atom is 0.338 e. The van der Waals surface area contributed by atoms with Crippen molar-refractivity contribution in [2.75, 3.05) is 6.61 Å². The molecule has 1 heterocycles. The van der Waals surface area contributed by atoms with Crippen LogP contribution in [0.2, 0.25) is 0 Å². The normalized spacial score (nSPS) is 10.4. The fourth-order valence-electron chi connectivity index (χ4n) is 2.62. The lowest BCUT2D eigenvalue weighted by atomic mass is 10.1. The number of ketones is 2. The van der Waals surface area contributed by atoms with Gasteiger partial charge in [-0.3, -0.25) is 9.59 Å². The predicted molar refractivity (Wildman–Crippen MR) is 86.1 cm³/mol. The van der Waals surface area contributed by atoms with Gasteiger partial charge in [-0.15, -0.1) is 0 Å².